The molecule has 4 N–H and O–H groups in total. The molecule has 0 atom stereocenters. The summed E-state index contributed by atoms with van der Waals surface area (Å²) in [6.45, 7) is 2.63. The zero-order valence-corrected chi connectivity index (χ0v) is 18.6. The van der Waals surface area contributed by atoms with Crippen molar-refractivity contribution in [3.05, 3.63) is 88.0 Å². The molecule has 168 valence electrons. The largest absolute Gasteiger partial charge is 0.369 e. The first-order chi connectivity index (χ1) is 15.9. The maximum Gasteiger partial charge on any atom is 0.261 e. The zero-order valence-electron chi connectivity index (χ0n) is 18.6. The lowest BCUT2D eigenvalue weighted by molar-refractivity contribution is 0.100. The van der Waals surface area contributed by atoms with Crippen LogP contribution in [0.25, 0.3) is 10.8 Å². The fraction of sp³-hybridized carbons (Fsp3) is 0.200. The smallest absolute Gasteiger partial charge is 0.261 e. The Balaban J connectivity index is 1.53. The van der Waals surface area contributed by atoms with E-state index < -0.39 is 5.91 Å². The van der Waals surface area contributed by atoms with Gasteiger partial charge in [-0.3, -0.25) is 9.59 Å². The van der Waals surface area contributed by atoms with Crippen molar-refractivity contribution < 1.29 is 4.79 Å². The van der Waals surface area contributed by atoms with E-state index in [1.807, 2.05) is 43.3 Å². The number of carbonyl (C=O) groups excluding carboxylic acids is 1. The van der Waals surface area contributed by atoms with Gasteiger partial charge >= 0.3 is 0 Å². The number of hydrogen-bond donors (Lipinski definition) is 3. The van der Waals surface area contributed by atoms with Crippen molar-refractivity contribution >= 4 is 34.1 Å². The van der Waals surface area contributed by atoms with Crippen LogP contribution in [0.3, 0.4) is 0 Å². The van der Waals surface area contributed by atoms with E-state index in [1.54, 1.807) is 36.1 Å². The lowest BCUT2D eigenvalue weighted by atomic mass is 10.1. The number of aromatic nitrogens is 3. The quantitative estimate of drug-likeness (QED) is 0.360. The average Bonchev–Trinajstić information content (AvgIpc) is 2.79. The molecule has 0 bridgehead atoms. The maximum absolute atomic E-state index is 12.8. The Morgan fingerprint density at radius 3 is 2.61 bits per heavy atom. The highest BCUT2D eigenvalue weighted by Gasteiger charge is 2.11. The molecule has 8 heteroatoms. The standard InChI is InChI=1S/C25H26N6O2/c1-16-9-12-27-20(14-16)29-21-15-19-10-13-31(2)25(33)22(19)24(30-21)28-11-3-4-17-5-7-18(8-6-17)23(26)32/h5-10,12-15H,3-4,11H2,1-2H3,(H2,26,32)(H2,27,28,29,30). The molecule has 0 fully saturated rings. The van der Waals surface area contributed by atoms with Gasteiger partial charge in [-0.1, -0.05) is 12.1 Å². The van der Waals surface area contributed by atoms with Crippen molar-refractivity contribution in [3.8, 4) is 0 Å². The molecule has 3 heterocycles. The normalized spacial score (nSPS) is 10.8. The fourth-order valence-corrected chi connectivity index (χ4v) is 3.62. The number of carbonyl (C=O) groups is 1. The first kappa shape index (κ1) is 22.0. The average molecular weight is 443 g/mol. The van der Waals surface area contributed by atoms with Crippen LogP contribution < -0.4 is 21.9 Å². The topological polar surface area (TPSA) is 115 Å². The summed E-state index contributed by atoms with van der Waals surface area (Å²) in [7, 11) is 1.73. The number of nitrogens with zero attached hydrogens (tertiary/aromatic N) is 3. The molecule has 0 aliphatic carbocycles. The van der Waals surface area contributed by atoms with Crippen molar-refractivity contribution in [3.63, 3.8) is 0 Å². The fourth-order valence-electron chi connectivity index (χ4n) is 3.62. The minimum absolute atomic E-state index is 0.107. The summed E-state index contributed by atoms with van der Waals surface area (Å²) in [6.07, 6.45) is 5.12. The molecule has 8 nitrogen and oxygen atoms in total. The van der Waals surface area contributed by atoms with Gasteiger partial charge in [-0.25, -0.2) is 9.97 Å². The summed E-state index contributed by atoms with van der Waals surface area (Å²) in [5, 5.41) is 7.92. The molecule has 3 aromatic heterocycles. The third-order valence-corrected chi connectivity index (χ3v) is 5.41. The van der Waals surface area contributed by atoms with Crippen molar-refractivity contribution in [2.45, 2.75) is 19.8 Å². The Bertz CT molecular complexity index is 1360. The maximum atomic E-state index is 12.8. The van der Waals surface area contributed by atoms with Crippen LogP contribution in [-0.2, 0) is 13.5 Å². The molecule has 0 spiro atoms. The van der Waals surface area contributed by atoms with Crippen molar-refractivity contribution in [1.82, 2.24) is 14.5 Å². The van der Waals surface area contributed by atoms with Gasteiger partial charge < -0.3 is 20.9 Å². The van der Waals surface area contributed by atoms with Gasteiger partial charge in [0.25, 0.3) is 5.56 Å². The second-order valence-corrected chi connectivity index (χ2v) is 7.99. The van der Waals surface area contributed by atoms with Gasteiger partial charge in [0.15, 0.2) is 0 Å². The Labute approximate surface area is 191 Å². The summed E-state index contributed by atoms with van der Waals surface area (Å²) in [5.74, 6) is 1.40. The number of amides is 1. The number of anilines is 3. The first-order valence-electron chi connectivity index (χ1n) is 10.7. The van der Waals surface area contributed by atoms with E-state index in [1.165, 1.54) is 0 Å². The number of nitrogens with two attached hydrogens (primary N) is 1. The number of rotatable bonds is 8. The van der Waals surface area contributed by atoms with Crippen LogP contribution in [0.5, 0.6) is 0 Å². The molecule has 1 amide bonds. The van der Waals surface area contributed by atoms with Gasteiger partial charge in [0.1, 0.15) is 17.5 Å². The number of benzene rings is 1. The summed E-state index contributed by atoms with van der Waals surface area (Å²) >= 11 is 0. The highest BCUT2D eigenvalue weighted by molar-refractivity contribution is 5.93. The van der Waals surface area contributed by atoms with Crippen LogP contribution in [-0.4, -0.2) is 27.0 Å². The van der Waals surface area contributed by atoms with E-state index in [4.69, 9.17) is 5.73 Å². The molecule has 0 saturated carbocycles. The van der Waals surface area contributed by atoms with Gasteiger partial charge in [0, 0.05) is 31.5 Å². The summed E-state index contributed by atoms with van der Waals surface area (Å²) < 4.78 is 1.55. The molecule has 0 aliphatic rings. The molecule has 0 radical (unpaired) electrons. The summed E-state index contributed by atoms with van der Waals surface area (Å²) in [4.78, 5) is 33.0. The Kier molecular flexibility index (Phi) is 6.35. The number of fused-ring (bicyclic) bond motifs is 1. The molecule has 0 saturated heterocycles. The molecule has 4 rings (SSSR count). The van der Waals surface area contributed by atoms with Gasteiger partial charge in [0.2, 0.25) is 5.91 Å². The molecular formula is C25H26N6O2. The first-order valence-corrected chi connectivity index (χ1v) is 10.7. The van der Waals surface area contributed by atoms with Gasteiger partial charge in [0.05, 0.1) is 5.39 Å². The number of hydrogen-bond acceptors (Lipinski definition) is 6. The number of aryl methyl sites for hydroxylation is 3. The number of nitrogens with one attached hydrogen (secondary N) is 2. The summed E-state index contributed by atoms with van der Waals surface area (Å²) in [5.41, 5.74) is 7.88. The van der Waals surface area contributed by atoms with E-state index in [9.17, 15) is 9.59 Å². The lowest BCUT2D eigenvalue weighted by Crippen LogP contribution is -2.18. The minimum atomic E-state index is -0.433. The van der Waals surface area contributed by atoms with E-state index in [2.05, 4.69) is 20.6 Å². The molecular weight excluding hydrogens is 416 g/mol. The molecule has 33 heavy (non-hydrogen) atoms. The zero-order chi connectivity index (χ0) is 23.4. The number of pyridine rings is 3. The van der Waals surface area contributed by atoms with Crippen LogP contribution in [0.2, 0.25) is 0 Å². The van der Waals surface area contributed by atoms with E-state index in [-0.39, 0.29) is 5.56 Å². The van der Waals surface area contributed by atoms with E-state index in [0.717, 1.165) is 29.4 Å². The summed E-state index contributed by atoms with van der Waals surface area (Å²) in [6, 6.07) is 14.9. The monoisotopic (exact) mass is 442 g/mol. The SMILES string of the molecule is Cc1ccnc(Nc2cc3ccn(C)c(=O)c3c(NCCCc3ccc(C(N)=O)cc3)n2)c1. The highest BCUT2D eigenvalue weighted by Crippen LogP contribution is 2.24. The van der Waals surface area contributed by atoms with Crippen LogP contribution in [0.15, 0.2) is 65.7 Å². The second-order valence-electron chi connectivity index (χ2n) is 7.99. The number of primary amides is 1. The van der Waals surface area contributed by atoms with Gasteiger partial charge in [-0.05, 0) is 72.7 Å². The van der Waals surface area contributed by atoms with E-state index >= 15 is 0 Å². The van der Waals surface area contributed by atoms with E-state index in [0.29, 0.717) is 34.9 Å². The van der Waals surface area contributed by atoms with Crippen LogP contribution in [0.4, 0.5) is 17.5 Å². The van der Waals surface area contributed by atoms with Gasteiger partial charge in [-0.15, -0.1) is 0 Å². The highest BCUT2D eigenvalue weighted by atomic mass is 16.1. The lowest BCUT2D eigenvalue weighted by Gasteiger charge is -2.13. The second kappa shape index (κ2) is 9.52. The van der Waals surface area contributed by atoms with Crippen LogP contribution >= 0.6 is 0 Å². The molecule has 4 aromatic rings. The van der Waals surface area contributed by atoms with Gasteiger partial charge in [-0.2, -0.15) is 0 Å². The Morgan fingerprint density at radius 2 is 1.88 bits per heavy atom. The van der Waals surface area contributed by atoms with Crippen molar-refractivity contribution in [1.29, 1.82) is 0 Å². The predicted molar refractivity (Wildman–Crippen MR) is 131 cm³/mol. The Hall–Kier alpha value is -4.20. The molecule has 1 aromatic carbocycles. The Morgan fingerprint density at radius 1 is 1.09 bits per heavy atom. The van der Waals surface area contributed by atoms with Crippen molar-refractivity contribution in [2.24, 2.45) is 12.8 Å². The third-order valence-electron chi connectivity index (χ3n) is 5.41. The minimum Gasteiger partial charge on any atom is -0.369 e. The molecule has 0 unspecified atom stereocenters. The van der Waals surface area contributed by atoms with Crippen LogP contribution in [0, 0.1) is 6.92 Å². The van der Waals surface area contributed by atoms with Crippen molar-refractivity contribution in [2.75, 3.05) is 17.2 Å². The molecule has 0 aliphatic heterocycles. The van der Waals surface area contributed by atoms with Crippen LogP contribution in [0.1, 0.15) is 27.9 Å². The third kappa shape index (κ3) is 5.17. The predicted octanol–water partition coefficient (Wildman–Crippen LogP) is 3.52.